The van der Waals surface area contributed by atoms with Crippen LogP contribution >= 0.6 is 0 Å². The molecular formula is C32H52N2. The first kappa shape index (κ1) is 28.5. The number of nitrogens with zero attached hydrogens (tertiary/aromatic N) is 2. The number of unbranched alkanes of at least 4 members (excludes halogenated alkanes) is 16. The summed E-state index contributed by atoms with van der Waals surface area (Å²) in [6.07, 6.45) is 31.3. The molecule has 0 spiro atoms. The zero-order valence-corrected chi connectivity index (χ0v) is 22.5. The van der Waals surface area contributed by atoms with E-state index in [0.717, 1.165) is 17.8 Å². The van der Waals surface area contributed by atoms with Crippen molar-refractivity contribution in [1.29, 1.82) is 0 Å². The maximum Gasteiger partial charge on any atom is 0.159 e. The van der Waals surface area contributed by atoms with Gasteiger partial charge in [-0.05, 0) is 36.8 Å². The Morgan fingerprint density at radius 2 is 0.824 bits per heavy atom. The molecule has 0 saturated heterocycles. The Hall–Kier alpha value is -1.70. The lowest BCUT2D eigenvalue weighted by atomic mass is 10.0. The minimum Gasteiger partial charge on any atom is -0.236 e. The third-order valence-electron chi connectivity index (χ3n) is 7.06. The average Bonchev–Trinajstić information content (AvgIpc) is 2.87. The number of hydrogen-bond acceptors (Lipinski definition) is 2. The third kappa shape index (κ3) is 13.3. The van der Waals surface area contributed by atoms with Crippen LogP contribution in [-0.4, -0.2) is 9.97 Å². The van der Waals surface area contributed by atoms with Crippen LogP contribution < -0.4 is 0 Å². The molecule has 2 rings (SSSR count). The second-order valence-corrected chi connectivity index (χ2v) is 10.3. The summed E-state index contributed by atoms with van der Waals surface area (Å²) in [5.41, 5.74) is 3.82. The predicted molar refractivity (Wildman–Crippen MR) is 149 cm³/mol. The van der Waals surface area contributed by atoms with Crippen molar-refractivity contribution in [1.82, 2.24) is 9.97 Å². The molecule has 1 aromatic carbocycles. The monoisotopic (exact) mass is 464 g/mol. The summed E-state index contributed by atoms with van der Waals surface area (Å²) < 4.78 is 0. The summed E-state index contributed by atoms with van der Waals surface area (Å²) in [6.45, 7) is 4.56. The SMILES string of the molecule is CCCCCCCCCCCCCCCCc1cnc(-c2ccc(CCCCCC)cc2)nc1. The van der Waals surface area contributed by atoms with Gasteiger partial charge in [-0.3, -0.25) is 0 Å². The van der Waals surface area contributed by atoms with Crippen LogP contribution in [0.5, 0.6) is 0 Å². The van der Waals surface area contributed by atoms with Crippen molar-refractivity contribution in [3.8, 4) is 11.4 Å². The molecule has 0 amide bonds. The summed E-state index contributed by atoms with van der Waals surface area (Å²) in [5, 5.41) is 0. The summed E-state index contributed by atoms with van der Waals surface area (Å²) in [7, 11) is 0. The van der Waals surface area contributed by atoms with Gasteiger partial charge in [0.2, 0.25) is 0 Å². The van der Waals surface area contributed by atoms with E-state index in [1.165, 1.54) is 133 Å². The van der Waals surface area contributed by atoms with Crippen LogP contribution in [0, 0.1) is 0 Å². The van der Waals surface area contributed by atoms with E-state index in [2.05, 4.69) is 48.1 Å². The molecule has 0 radical (unpaired) electrons. The van der Waals surface area contributed by atoms with Gasteiger partial charge >= 0.3 is 0 Å². The van der Waals surface area contributed by atoms with Crippen molar-refractivity contribution >= 4 is 0 Å². The fourth-order valence-corrected chi connectivity index (χ4v) is 4.73. The van der Waals surface area contributed by atoms with Gasteiger partial charge in [-0.15, -0.1) is 0 Å². The van der Waals surface area contributed by atoms with Crippen molar-refractivity contribution in [2.24, 2.45) is 0 Å². The van der Waals surface area contributed by atoms with Crippen LogP contribution in [0.3, 0.4) is 0 Å². The Kier molecular flexibility index (Phi) is 16.4. The molecule has 34 heavy (non-hydrogen) atoms. The second-order valence-electron chi connectivity index (χ2n) is 10.3. The van der Waals surface area contributed by atoms with Gasteiger partial charge < -0.3 is 0 Å². The molecule has 2 aromatic rings. The number of hydrogen-bond donors (Lipinski definition) is 0. The fourth-order valence-electron chi connectivity index (χ4n) is 4.73. The van der Waals surface area contributed by atoms with Gasteiger partial charge in [0, 0.05) is 18.0 Å². The topological polar surface area (TPSA) is 25.8 Å². The highest BCUT2D eigenvalue weighted by Gasteiger charge is 2.03. The molecule has 0 aliphatic rings. The summed E-state index contributed by atoms with van der Waals surface area (Å²) >= 11 is 0. The minimum absolute atomic E-state index is 0.849. The molecule has 2 nitrogen and oxygen atoms in total. The van der Waals surface area contributed by atoms with Crippen LogP contribution in [-0.2, 0) is 12.8 Å². The molecule has 2 heteroatoms. The van der Waals surface area contributed by atoms with Gasteiger partial charge in [-0.2, -0.15) is 0 Å². The molecule has 190 valence electrons. The highest BCUT2D eigenvalue weighted by Crippen LogP contribution is 2.18. The van der Waals surface area contributed by atoms with Crippen LogP contribution in [0.15, 0.2) is 36.7 Å². The molecule has 0 unspecified atom stereocenters. The first-order valence-electron chi connectivity index (χ1n) is 14.7. The number of rotatable bonds is 21. The van der Waals surface area contributed by atoms with Crippen molar-refractivity contribution in [2.75, 3.05) is 0 Å². The van der Waals surface area contributed by atoms with Crippen LogP contribution in [0.4, 0.5) is 0 Å². The predicted octanol–water partition coefficient (Wildman–Crippen LogP) is 10.3. The lowest BCUT2D eigenvalue weighted by Gasteiger charge is -2.06. The van der Waals surface area contributed by atoms with Crippen LogP contribution in [0.25, 0.3) is 11.4 Å². The van der Waals surface area contributed by atoms with Gasteiger partial charge in [-0.25, -0.2) is 9.97 Å². The highest BCUT2D eigenvalue weighted by atomic mass is 14.9. The summed E-state index contributed by atoms with van der Waals surface area (Å²) in [4.78, 5) is 9.28. The minimum atomic E-state index is 0.849. The maximum absolute atomic E-state index is 4.64. The zero-order chi connectivity index (χ0) is 24.1. The molecule has 0 bridgehead atoms. The fraction of sp³-hybridized carbons (Fsp3) is 0.688. The van der Waals surface area contributed by atoms with Gasteiger partial charge in [0.05, 0.1) is 0 Å². The maximum atomic E-state index is 4.64. The third-order valence-corrected chi connectivity index (χ3v) is 7.06. The van der Waals surface area contributed by atoms with Crippen molar-refractivity contribution < 1.29 is 0 Å². The molecule has 0 aliphatic carbocycles. The lowest BCUT2D eigenvalue weighted by Crippen LogP contribution is -1.94. The molecule has 0 saturated carbocycles. The molecule has 0 N–H and O–H groups in total. The Bertz CT molecular complexity index is 705. The lowest BCUT2D eigenvalue weighted by molar-refractivity contribution is 0.535. The average molecular weight is 465 g/mol. The van der Waals surface area contributed by atoms with E-state index in [0.29, 0.717) is 0 Å². The molecule has 1 heterocycles. The van der Waals surface area contributed by atoms with Gasteiger partial charge in [0.15, 0.2) is 5.82 Å². The summed E-state index contributed by atoms with van der Waals surface area (Å²) in [6, 6.07) is 8.84. The first-order valence-corrected chi connectivity index (χ1v) is 14.7. The molecule has 1 aromatic heterocycles. The van der Waals surface area contributed by atoms with E-state index in [9.17, 15) is 0 Å². The van der Waals surface area contributed by atoms with E-state index in [4.69, 9.17) is 0 Å². The Balaban J connectivity index is 1.50. The zero-order valence-electron chi connectivity index (χ0n) is 22.5. The smallest absolute Gasteiger partial charge is 0.159 e. The van der Waals surface area contributed by atoms with E-state index < -0.39 is 0 Å². The molecule has 0 fully saturated rings. The summed E-state index contributed by atoms with van der Waals surface area (Å²) in [5.74, 6) is 0.849. The van der Waals surface area contributed by atoms with E-state index in [-0.39, 0.29) is 0 Å². The first-order chi connectivity index (χ1) is 16.8. The van der Waals surface area contributed by atoms with Gasteiger partial charge in [-0.1, -0.05) is 141 Å². The van der Waals surface area contributed by atoms with Crippen LogP contribution in [0.2, 0.25) is 0 Å². The second kappa shape index (κ2) is 19.6. The Morgan fingerprint density at radius 3 is 1.29 bits per heavy atom. The normalized spacial score (nSPS) is 11.2. The quantitative estimate of drug-likeness (QED) is 0.172. The van der Waals surface area contributed by atoms with E-state index >= 15 is 0 Å². The molecule has 0 aliphatic heterocycles. The van der Waals surface area contributed by atoms with Crippen LogP contribution in [0.1, 0.15) is 141 Å². The molecular weight excluding hydrogens is 412 g/mol. The number of aromatic nitrogens is 2. The van der Waals surface area contributed by atoms with E-state index in [1.54, 1.807) is 0 Å². The van der Waals surface area contributed by atoms with Crippen molar-refractivity contribution in [3.63, 3.8) is 0 Å². The Morgan fingerprint density at radius 1 is 0.441 bits per heavy atom. The molecule has 0 atom stereocenters. The number of benzene rings is 1. The van der Waals surface area contributed by atoms with E-state index in [1.807, 2.05) is 12.4 Å². The van der Waals surface area contributed by atoms with Crippen molar-refractivity contribution in [2.45, 2.75) is 142 Å². The Labute approximate surface area is 211 Å². The van der Waals surface area contributed by atoms with Gasteiger partial charge in [0.1, 0.15) is 0 Å². The van der Waals surface area contributed by atoms with Crippen molar-refractivity contribution in [3.05, 3.63) is 47.8 Å². The largest absolute Gasteiger partial charge is 0.236 e. The van der Waals surface area contributed by atoms with Gasteiger partial charge in [0.25, 0.3) is 0 Å². The standard InChI is InChI=1S/C32H52N2/c1-3-5-7-9-10-11-12-13-14-15-16-17-18-20-22-30-27-33-32(34-28-30)31-25-23-29(24-26-31)21-19-8-6-4-2/h23-28H,3-22H2,1-2H3. The highest BCUT2D eigenvalue weighted by molar-refractivity contribution is 5.55. The number of aryl methyl sites for hydroxylation is 2.